The molecule has 5 nitrogen and oxygen atoms in total. The van der Waals surface area contributed by atoms with Gasteiger partial charge in [0.05, 0.1) is 12.1 Å². The Morgan fingerprint density at radius 2 is 1.89 bits per heavy atom. The first kappa shape index (κ1) is 17.2. The minimum Gasteiger partial charge on any atom is -0.398 e. The van der Waals surface area contributed by atoms with Gasteiger partial charge in [0, 0.05) is 18.8 Å². The lowest BCUT2D eigenvalue weighted by Gasteiger charge is -2.20. The van der Waals surface area contributed by atoms with Crippen molar-refractivity contribution in [3.63, 3.8) is 0 Å². The van der Waals surface area contributed by atoms with Crippen molar-refractivity contribution in [3.8, 4) is 0 Å². The standard InChI is InChI=1S/C13H19N3O2.ClH/c1-3-15-12(17)9-16(4-2)13(18)10-7-5-6-8-11(10)14;/h5-8H,3-4,9,14H2,1-2H3,(H,15,17);1H. The number of hydrogen-bond acceptors (Lipinski definition) is 3. The van der Waals surface area contributed by atoms with E-state index in [9.17, 15) is 9.59 Å². The number of rotatable bonds is 5. The predicted octanol–water partition coefficient (Wildman–Crippen LogP) is 1.29. The van der Waals surface area contributed by atoms with E-state index in [1.807, 2.05) is 13.8 Å². The van der Waals surface area contributed by atoms with Crippen LogP contribution in [0.2, 0.25) is 0 Å². The molecule has 0 spiro atoms. The molecule has 0 aliphatic heterocycles. The van der Waals surface area contributed by atoms with Gasteiger partial charge in [0.25, 0.3) is 5.91 Å². The van der Waals surface area contributed by atoms with Gasteiger partial charge in [0.1, 0.15) is 0 Å². The van der Waals surface area contributed by atoms with Crippen molar-refractivity contribution in [1.82, 2.24) is 10.2 Å². The number of amides is 2. The van der Waals surface area contributed by atoms with Gasteiger partial charge in [-0.1, -0.05) is 12.1 Å². The number of halogens is 1. The summed E-state index contributed by atoms with van der Waals surface area (Å²) in [5.74, 6) is -0.385. The molecule has 1 aromatic rings. The van der Waals surface area contributed by atoms with Gasteiger partial charge in [-0.25, -0.2) is 0 Å². The first-order valence-corrected chi connectivity index (χ1v) is 6.00. The summed E-state index contributed by atoms with van der Waals surface area (Å²) >= 11 is 0. The lowest BCUT2D eigenvalue weighted by Crippen LogP contribution is -2.40. The molecule has 0 aromatic heterocycles. The van der Waals surface area contributed by atoms with Gasteiger partial charge in [-0.15, -0.1) is 12.4 Å². The maximum Gasteiger partial charge on any atom is 0.256 e. The number of nitrogen functional groups attached to an aromatic ring is 1. The van der Waals surface area contributed by atoms with Gasteiger partial charge >= 0.3 is 0 Å². The maximum absolute atomic E-state index is 12.2. The SMILES string of the molecule is CCNC(=O)CN(CC)C(=O)c1ccccc1N.Cl. The zero-order valence-electron chi connectivity index (χ0n) is 11.2. The van der Waals surface area contributed by atoms with Crippen LogP contribution in [0.3, 0.4) is 0 Å². The molecule has 6 heteroatoms. The van der Waals surface area contributed by atoms with E-state index >= 15 is 0 Å². The van der Waals surface area contributed by atoms with E-state index in [4.69, 9.17) is 5.73 Å². The number of nitrogens with one attached hydrogen (secondary N) is 1. The highest BCUT2D eigenvalue weighted by Crippen LogP contribution is 2.13. The van der Waals surface area contributed by atoms with Crippen molar-refractivity contribution >= 4 is 29.9 Å². The van der Waals surface area contributed by atoms with Crippen LogP contribution in [0, 0.1) is 0 Å². The van der Waals surface area contributed by atoms with Crippen LogP contribution < -0.4 is 11.1 Å². The number of nitrogens with two attached hydrogens (primary N) is 1. The second-order valence-electron chi connectivity index (χ2n) is 3.86. The average Bonchev–Trinajstić information content (AvgIpc) is 2.36. The Morgan fingerprint density at radius 3 is 2.42 bits per heavy atom. The van der Waals surface area contributed by atoms with Crippen LogP contribution in [0.1, 0.15) is 24.2 Å². The molecule has 0 aliphatic rings. The van der Waals surface area contributed by atoms with E-state index < -0.39 is 0 Å². The Hall–Kier alpha value is -1.75. The number of carbonyl (C=O) groups excluding carboxylic acids is 2. The van der Waals surface area contributed by atoms with Gasteiger partial charge in [-0.2, -0.15) is 0 Å². The monoisotopic (exact) mass is 285 g/mol. The quantitative estimate of drug-likeness (QED) is 0.801. The summed E-state index contributed by atoms with van der Waals surface area (Å²) in [6, 6.07) is 6.86. The molecule has 0 heterocycles. The van der Waals surface area contributed by atoms with Gasteiger partial charge in [0.2, 0.25) is 5.91 Å². The lowest BCUT2D eigenvalue weighted by atomic mass is 10.1. The van der Waals surface area contributed by atoms with Crippen molar-refractivity contribution < 1.29 is 9.59 Å². The summed E-state index contributed by atoms with van der Waals surface area (Å²) in [5, 5.41) is 2.67. The summed E-state index contributed by atoms with van der Waals surface area (Å²) in [5.41, 5.74) is 6.62. The minimum atomic E-state index is -0.221. The highest BCUT2D eigenvalue weighted by molar-refractivity contribution is 6.00. The molecule has 0 fully saturated rings. The molecule has 0 radical (unpaired) electrons. The lowest BCUT2D eigenvalue weighted by molar-refractivity contribution is -0.121. The third kappa shape index (κ3) is 4.79. The molecule has 106 valence electrons. The normalized spacial score (nSPS) is 9.37. The summed E-state index contributed by atoms with van der Waals surface area (Å²) in [7, 11) is 0. The molecule has 3 N–H and O–H groups in total. The number of nitrogens with zero attached hydrogens (tertiary/aromatic N) is 1. The fourth-order valence-electron chi connectivity index (χ4n) is 1.62. The molecule has 1 aromatic carbocycles. The Morgan fingerprint density at radius 1 is 1.26 bits per heavy atom. The minimum absolute atomic E-state index is 0. The van der Waals surface area contributed by atoms with Crippen molar-refractivity contribution in [2.75, 3.05) is 25.4 Å². The number of benzene rings is 1. The van der Waals surface area contributed by atoms with Crippen LogP contribution >= 0.6 is 12.4 Å². The van der Waals surface area contributed by atoms with E-state index in [0.29, 0.717) is 24.3 Å². The Labute approximate surface area is 119 Å². The summed E-state index contributed by atoms with van der Waals surface area (Å²) in [6.07, 6.45) is 0. The Kier molecular flexibility index (Phi) is 7.60. The largest absolute Gasteiger partial charge is 0.398 e. The Bertz CT molecular complexity index is 438. The summed E-state index contributed by atoms with van der Waals surface area (Å²) < 4.78 is 0. The predicted molar refractivity (Wildman–Crippen MR) is 78.4 cm³/mol. The van der Waals surface area contributed by atoms with Crippen LogP contribution in [0.4, 0.5) is 5.69 Å². The molecule has 0 atom stereocenters. The molecule has 1 rings (SSSR count). The van der Waals surface area contributed by atoms with Crippen LogP contribution in [-0.4, -0.2) is 36.3 Å². The zero-order chi connectivity index (χ0) is 13.5. The van der Waals surface area contributed by atoms with Crippen LogP contribution in [0.25, 0.3) is 0 Å². The number of likely N-dealkylation sites (N-methyl/N-ethyl adjacent to an activating group) is 2. The third-order valence-electron chi connectivity index (χ3n) is 2.57. The van der Waals surface area contributed by atoms with Crippen LogP contribution in [0.15, 0.2) is 24.3 Å². The van der Waals surface area contributed by atoms with Gasteiger partial charge < -0.3 is 16.0 Å². The fraction of sp³-hybridized carbons (Fsp3) is 0.385. The second-order valence-corrected chi connectivity index (χ2v) is 3.86. The number of hydrogen-bond donors (Lipinski definition) is 2. The van der Waals surface area contributed by atoms with E-state index in [1.165, 1.54) is 4.90 Å². The first-order valence-electron chi connectivity index (χ1n) is 6.00. The van der Waals surface area contributed by atoms with Crippen molar-refractivity contribution in [2.24, 2.45) is 0 Å². The third-order valence-corrected chi connectivity index (χ3v) is 2.57. The van der Waals surface area contributed by atoms with Crippen molar-refractivity contribution in [3.05, 3.63) is 29.8 Å². The van der Waals surface area contributed by atoms with Crippen LogP contribution in [-0.2, 0) is 4.79 Å². The Balaban J connectivity index is 0.00000324. The smallest absolute Gasteiger partial charge is 0.256 e. The molecule has 19 heavy (non-hydrogen) atoms. The van der Waals surface area contributed by atoms with Gasteiger partial charge in [0.15, 0.2) is 0 Å². The highest BCUT2D eigenvalue weighted by Gasteiger charge is 2.18. The zero-order valence-corrected chi connectivity index (χ0v) is 12.0. The van der Waals surface area contributed by atoms with Gasteiger partial charge in [-0.05, 0) is 26.0 Å². The van der Waals surface area contributed by atoms with Crippen molar-refractivity contribution in [2.45, 2.75) is 13.8 Å². The maximum atomic E-state index is 12.2. The number of carbonyl (C=O) groups is 2. The van der Waals surface area contributed by atoms with Crippen molar-refractivity contribution in [1.29, 1.82) is 0 Å². The average molecular weight is 286 g/mol. The first-order chi connectivity index (χ1) is 8.60. The van der Waals surface area contributed by atoms with E-state index in [0.717, 1.165) is 0 Å². The van der Waals surface area contributed by atoms with Gasteiger partial charge in [-0.3, -0.25) is 9.59 Å². The molecule has 2 amide bonds. The fourth-order valence-corrected chi connectivity index (χ4v) is 1.62. The summed E-state index contributed by atoms with van der Waals surface area (Å²) in [6.45, 7) is 4.74. The number of para-hydroxylation sites is 1. The highest BCUT2D eigenvalue weighted by atomic mass is 35.5. The van der Waals surface area contributed by atoms with Crippen LogP contribution in [0.5, 0.6) is 0 Å². The second kappa shape index (κ2) is 8.37. The molecular weight excluding hydrogens is 266 g/mol. The molecule has 0 saturated heterocycles. The molecule has 0 aliphatic carbocycles. The molecular formula is C13H20ClN3O2. The number of anilines is 1. The van der Waals surface area contributed by atoms with E-state index in [-0.39, 0.29) is 30.8 Å². The van der Waals surface area contributed by atoms with E-state index in [2.05, 4.69) is 5.32 Å². The molecule has 0 bridgehead atoms. The molecule has 0 saturated carbocycles. The van der Waals surface area contributed by atoms with E-state index in [1.54, 1.807) is 24.3 Å². The topological polar surface area (TPSA) is 75.4 Å². The summed E-state index contributed by atoms with van der Waals surface area (Å²) in [4.78, 5) is 25.2. The molecule has 0 unspecified atom stereocenters.